The number of allylic oxidation sites excluding steroid dienone is 1. The number of hydrogen-bond donors (Lipinski definition) is 2. The molecule has 0 aliphatic heterocycles. The zero-order valence-corrected chi connectivity index (χ0v) is 12.5. The van der Waals surface area contributed by atoms with Crippen molar-refractivity contribution in [1.29, 1.82) is 0 Å². The van der Waals surface area contributed by atoms with Gasteiger partial charge >= 0.3 is 0 Å². The molecule has 0 amide bonds. The number of nitrogens with two attached hydrogens (primary N) is 2. The summed E-state index contributed by atoms with van der Waals surface area (Å²) in [6.45, 7) is 7.92. The average molecular weight is 296 g/mol. The summed E-state index contributed by atoms with van der Waals surface area (Å²) in [4.78, 5) is 7.97. The quantitative estimate of drug-likeness (QED) is 0.767. The van der Waals surface area contributed by atoms with E-state index in [1.54, 1.807) is 12.3 Å². The second-order valence-electron chi connectivity index (χ2n) is 4.85. The molecule has 0 saturated carbocycles. The van der Waals surface area contributed by atoms with E-state index >= 15 is 0 Å². The standard InChI is InChI=1S/C17H20N4O/c1-3-5-13-9-12(6-7-15(13)22-8-4-2)10-14-11-20-17(19)21-16(14)18/h3-4,6-7,9,11H,1-2,5,8,10H2,(H4,18,19,20,21). The first-order valence-electron chi connectivity index (χ1n) is 6.97. The van der Waals surface area contributed by atoms with Gasteiger partial charge in [0.2, 0.25) is 5.95 Å². The maximum Gasteiger partial charge on any atom is 0.221 e. The monoisotopic (exact) mass is 296 g/mol. The summed E-state index contributed by atoms with van der Waals surface area (Å²) in [7, 11) is 0. The molecule has 114 valence electrons. The van der Waals surface area contributed by atoms with E-state index in [1.807, 2.05) is 18.2 Å². The Morgan fingerprint density at radius 1 is 1.14 bits per heavy atom. The third-order valence-electron chi connectivity index (χ3n) is 3.16. The topological polar surface area (TPSA) is 87.0 Å². The molecule has 22 heavy (non-hydrogen) atoms. The summed E-state index contributed by atoms with van der Waals surface area (Å²) >= 11 is 0. The molecule has 1 heterocycles. The molecular weight excluding hydrogens is 276 g/mol. The molecule has 4 N–H and O–H groups in total. The Labute approximate surface area is 130 Å². The lowest BCUT2D eigenvalue weighted by molar-refractivity contribution is 0.360. The molecule has 0 bridgehead atoms. The number of benzene rings is 1. The van der Waals surface area contributed by atoms with Gasteiger partial charge in [-0.15, -0.1) is 6.58 Å². The van der Waals surface area contributed by atoms with Crippen molar-refractivity contribution >= 4 is 11.8 Å². The fourth-order valence-electron chi connectivity index (χ4n) is 2.14. The molecule has 2 rings (SSSR count). The molecule has 1 aromatic carbocycles. The lowest BCUT2D eigenvalue weighted by Gasteiger charge is -2.12. The minimum atomic E-state index is 0.182. The first-order valence-corrected chi connectivity index (χ1v) is 6.97. The molecule has 5 heteroatoms. The Kier molecular flexibility index (Phi) is 5.14. The zero-order chi connectivity index (χ0) is 15.9. The van der Waals surface area contributed by atoms with Crippen LogP contribution in [-0.4, -0.2) is 16.6 Å². The SMILES string of the molecule is C=CCOc1ccc(Cc2cnc(N)nc2N)cc1CC=C. The average Bonchev–Trinajstić information content (AvgIpc) is 2.50. The van der Waals surface area contributed by atoms with E-state index in [1.165, 1.54) is 0 Å². The zero-order valence-electron chi connectivity index (χ0n) is 12.5. The van der Waals surface area contributed by atoms with Crippen molar-refractivity contribution in [3.05, 3.63) is 66.4 Å². The number of nitrogens with zero attached hydrogens (tertiary/aromatic N) is 2. The van der Waals surface area contributed by atoms with Crippen molar-refractivity contribution in [2.45, 2.75) is 12.8 Å². The van der Waals surface area contributed by atoms with E-state index in [4.69, 9.17) is 16.2 Å². The van der Waals surface area contributed by atoms with E-state index in [0.29, 0.717) is 18.8 Å². The van der Waals surface area contributed by atoms with E-state index in [2.05, 4.69) is 29.2 Å². The van der Waals surface area contributed by atoms with Crippen LogP contribution in [0.15, 0.2) is 49.7 Å². The highest BCUT2D eigenvalue weighted by Crippen LogP contribution is 2.23. The Morgan fingerprint density at radius 3 is 2.64 bits per heavy atom. The Morgan fingerprint density at radius 2 is 1.95 bits per heavy atom. The van der Waals surface area contributed by atoms with E-state index in [0.717, 1.165) is 28.9 Å². The van der Waals surface area contributed by atoms with Crippen molar-refractivity contribution in [3.8, 4) is 5.75 Å². The Bertz CT molecular complexity index is 682. The fraction of sp³-hybridized carbons (Fsp3) is 0.176. The maximum absolute atomic E-state index is 5.88. The molecule has 0 aliphatic rings. The van der Waals surface area contributed by atoms with Gasteiger partial charge in [0, 0.05) is 18.2 Å². The van der Waals surface area contributed by atoms with Crippen LogP contribution in [0.3, 0.4) is 0 Å². The van der Waals surface area contributed by atoms with Crippen LogP contribution in [0.5, 0.6) is 5.75 Å². The van der Waals surface area contributed by atoms with E-state index in [9.17, 15) is 0 Å². The van der Waals surface area contributed by atoms with Crippen molar-refractivity contribution in [3.63, 3.8) is 0 Å². The summed E-state index contributed by atoms with van der Waals surface area (Å²) < 4.78 is 5.65. The van der Waals surface area contributed by atoms with Gasteiger partial charge in [0.1, 0.15) is 18.2 Å². The van der Waals surface area contributed by atoms with Gasteiger partial charge in [0.15, 0.2) is 0 Å². The molecule has 5 nitrogen and oxygen atoms in total. The first-order chi connectivity index (χ1) is 10.6. The van der Waals surface area contributed by atoms with E-state index in [-0.39, 0.29) is 5.95 Å². The second-order valence-corrected chi connectivity index (χ2v) is 4.85. The Balaban J connectivity index is 2.25. The molecule has 0 atom stereocenters. The number of ether oxygens (including phenoxy) is 1. The van der Waals surface area contributed by atoms with Gasteiger partial charge in [-0.2, -0.15) is 4.98 Å². The summed E-state index contributed by atoms with van der Waals surface area (Å²) in [5.74, 6) is 1.43. The smallest absolute Gasteiger partial charge is 0.221 e. The predicted octanol–water partition coefficient (Wildman–Crippen LogP) is 2.53. The van der Waals surface area contributed by atoms with Crippen LogP contribution in [0, 0.1) is 0 Å². The van der Waals surface area contributed by atoms with Gasteiger partial charge in [-0.05, 0) is 23.6 Å². The van der Waals surface area contributed by atoms with Crippen LogP contribution < -0.4 is 16.2 Å². The van der Waals surface area contributed by atoms with Gasteiger partial charge in [-0.1, -0.05) is 30.9 Å². The highest BCUT2D eigenvalue weighted by Gasteiger charge is 2.08. The van der Waals surface area contributed by atoms with Gasteiger partial charge in [-0.25, -0.2) is 4.98 Å². The molecule has 0 fully saturated rings. The van der Waals surface area contributed by atoms with Crippen molar-refractivity contribution in [2.75, 3.05) is 18.1 Å². The highest BCUT2D eigenvalue weighted by atomic mass is 16.5. The maximum atomic E-state index is 5.88. The van der Waals surface area contributed by atoms with E-state index < -0.39 is 0 Å². The molecule has 1 aromatic heterocycles. The van der Waals surface area contributed by atoms with Crippen LogP contribution in [-0.2, 0) is 12.8 Å². The fourth-order valence-corrected chi connectivity index (χ4v) is 2.14. The summed E-state index contributed by atoms with van der Waals surface area (Å²) in [5, 5.41) is 0. The first kappa shape index (κ1) is 15.6. The van der Waals surface area contributed by atoms with Crippen molar-refractivity contribution in [2.24, 2.45) is 0 Å². The van der Waals surface area contributed by atoms with Crippen LogP contribution in [0.1, 0.15) is 16.7 Å². The minimum absolute atomic E-state index is 0.182. The third-order valence-corrected chi connectivity index (χ3v) is 3.16. The van der Waals surface area contributed by atoms with Crippen LogP contribution in [0.4, 0.5) is 11.8 Å². The largest absolute Gasteiger partial charge is 0.489 e. The molecule has 0 radical (unpaired) electrons. The van der Waals surface area contributed by atoms with Gasteiger partial charge < -0.3 is 16.2 Å². The summed E-state index contributed by atoms with van der Waals surface area (Å²) in [6, 6.07) is 6.03. The van der Waals surface area contributed by atoms with Crippen molar-refractivity contribution < 1.29 is 4.74 Å². The van der Waals surface area contributed by atoms with Crippen LogP contribution in [0.2, 0.25) is 0 Å². The number of anilines is 2. The van der Waals surface area contributed by atoms with Gasteiger partial charge in [0.05, 0.1) is 0 Å². The summed E-state index contributed by atoms with van der Waals surface area (Å²) in [5.41, 5.74) is 14.4. The molecular formula is C17H20N4O. The van der Waals surface area contributed by atoms with Gasteiger partial charge in [-0.3, -0.25) is 0 Å². The number of rotatable bonds is 7. The highest BCUT2D eigenvalue weighted by molar-refractivity contribution is 5.46. The molecule has 0 aliphatic carbocycles. The number of nitrogen functional groups attached to an aromatic ring is 2. The molecule has 0 unspecified atom stereocenters. The lowest BCUT2D eigenvalue weighted by Crippen LogP contribution is -2.04. The number of hydrogen-bond acceptors (Lipinski definition) is 5. The summed E-state index contributed by atoms with van der Waals surface area (Å²) in [6.07, 6.45) is 6.59. The minimum Gasteiger partial charge on any atom is -0.489 e. The third kappa shape index (κ3) is 3.85. The Hall–Kier alpha value is -2.82. The predicted molar refractivity (Wildman–Crippen MR) is 89.7 cm³/mol. The second kappa shape index (κ2) is 7.26. The lowest BCUT2D eigenvalue weighted by atomic mass is 10.0. The van der Waals surface area contributed by atoms with Crippen molar-refractivity contribution in [1.82, 2.24) is 9.97 Å². The molecule has 0 saturated heterocycles. The normalized spacial score (nSPS) is 10.2. The van der Waals surface area contributed by atoms with Crippen LogP contribution >= 0.6 is 0 Å². The van der Waals surface area contributed by atoms with Gasteiger partial charge in [0.25, 0.3) is 0 Å². The number of aromatic nitrogens is 2. The molecule has 0 spiro atoms. The molecule has 2 aromatic rings. The van der Waals surface area contributed by atoms with Crippen LogP contribution in [0.25, 0.3) is 0 Å².